The van der Waals surface area contributed by atoms with Gasteiger partial charge in [-0.05, 0) is 19.8 Å². The van der Waals surface area contributed by atoms with E-state index in [0.29, 0.717) is 0 Å². The van der Waals surface area contributed by atoms with Gasteiger partial charge < -0.3 is 5.32 Å². The summed E-state index contributed by atoms with van der Waals surface area (Å²) >= 11 is 7.78. The highest BCUT2D eigenvalue weighted by Crippen LogP contribution is 2.31. The summed E-state index contributed by atoms with van der Waals surface area (Å²) in [4.78, 5) is 4.45. The van der Waals surface area contributed by atoms with Gasteiger partial charge in [0.1, 0.15) is 5.01 Å². The molecule has 1 saturated carbocycles. The number of aryl methyl sites for hydroxylation is 1. The monoisotopic (exact) mass is 244 g/mol. The molecule has 1 heterocycles. The molecule has 1 aliphatic carbocycles. The highest BCUT2D eigenvalue weighted by atomic mass is 35.5. The Morgan fingerprint density at radius 2 is 2.27 bits per heavy atom. The average Bonchev–Trinajstić information content (AvgIpc) is 2.85. The molecule has 1 aromatic rings. The fourth-order valence-corrected chi connectivity index (χ4v) is 3.23. The van der Waals surface area contributed by atoms with Crippen LogP contribution in [0, 0.1) is 6.92 Å². The van der Waals surface area contributed by atoms with Crippen molar-refractivity contribution in [3.63, 3.8) is 0 Å². The molecule has 1 aromatic heterocycles. The van der Waals surface area contributed by atoms with Gasteiger partial charge in [0.15, 0.2) is 0 Å². The van der Waals surface area contributed by atoms with Crippen LogP contribution in [0.2, 0.25) is 0 Å². The molecule has 0 aliphatic heterocycles. The lowest BCUT2D eigenvalue weighted by Crippen LogP contribution is -2.43. The summed E-state index contributed by atoms with van der Waals surface area (Å²) in [5.74, 6) is 0.720. The van der Waals surface area contributed by atoms with Gasteiger partial charge in [-0.2, -0.15) is 0 Å². The zero-order valence-electron chi connectivity index (χ0n) is 9.05. The van der Waals surface area contributed by atoms with Crippen molar-refractivity contribution in [1.29, 1.82) is 0 Å². The van der Waals surface area contributed by atoms with E-state index in [2.05, 4.69) is 15.7 Å². The van der Waals surface area contributed by atoms with Crippen molar-refractivity contribution < 1.29 is 0 Å². The number of thiazole rings is 1. The zero-order chi connectivity index (χ0) is 10.7. The van der Waals surface area contributed by atoms with Crippen LogP contribution in [0.3, 0.4) is 0 Å². The van der Waals surface area contributed by atoms with Crippen LogP contribution in [0.1, 0.15) is 36.4 Å². The van der Waals surface area contributed by atoms with Gasteiger partial charge in [0, 0.05) is 29.0 Å². The summed E-state index contributed by atoms with van der Waals surface area (Å²) < 4.78 is 0. The van der Waals surface area contributed by atoms with Crippen molar-refractivity contribution in [2.45, 2.75) is 44.7 Å². The number of nitrogens with zero attached hydrogens (tertiary/aromatic N) is 1. The van der Waals surface area contributed by atoms with Crippen LogP contribution in [0.4, 0.5) is 0 Å². The Morgan fingerprint density at radius 3 is 2.80 bits per heavy atom. The van der Waals surface area contributed by atoms with Crippen LogP contribution < -0.4 is 5.32 Å². The Hall–Kier alpha value is -0.120. The van der Waals surface area contributed by atoms with Crippen LogP contribution >= 0.6 is 22.9 Å². The topological polar surface area (TPSA) is 24.9 Å². The minimum absolute atomic E-state index is 0.182. The van der Waals surface area contributed by atoms with Crippen molar-refractivity contribution in [1.82, 2.24) is 10.3 Å². The van der Waals surface area contributed by atoms with Crippen LogP contribution in [-0.2, 0) is 6.54 Å². The van der Waals surface area contributed by atoms with Gasteiger partial charge in [0.05, 0.1) is 0 Å². The van der Waals surface area contributed by atoms with Gasteiger partial charge in [0.25, 0.3) is 0 Å². The fourth-order valence-electron chi connectivity index (χ4n) is 2.16. The van der Waals surface area contributed by atoms with Gasteiger partial charge in [-0.3, -0.25) is 0 Å². The first kappa shape index (κ1) is 11.4. The Kier molecular flexibility index (Phi) is 3.65. The second-order valence-corrected chi connectivity index (χ2v) is 5.57. The third kappa shape index (κ3) is 2.71. The number of hydrogen-bond acceptors (Lipinski definition) is 3. The molecular formula is C11H17ClN2S. The quantitative estimate of drug-likeness (QED) is 0.824. The van der Waals surface area contributed by atoms with Crippen molar-refractivity contribution in [3.8, 4) is 0 Å². The Balaban J connectivity index is 1.91. The summed E-state index contributed by atoms with van der Waals surface area (Å²) in [7, 11) is 0. The Morgan fingerprint density at radius 1 is 1.53 bits per heavy atom. The number of aromatic nitrogens is 1. The van der Waals surface area contributed by atoms with E-state index < -0.39 is 0 Å². The molecule has 0 amide bonds. The summed E-state index contributed by atoms with van der Waals surface area (Å²) in [6.45, 7) is 2.90. The fraction of sp³-hybridized carbons (Fsp3) is 0.727. The van der Waals surface area contributed by atoms with Gasteiger partial charge in [0.2, 0.25) is 0 Å². The molecule has 2 nitrogen and oxygen atoms in total. The van der Waals surface area contributed by atoms with Crippen molar-refractivity contribution in [3.05, 3.63) is 16.1 Å². The molecule has 1 N–H and O–H groups in total. The summed E-state index contributed by atoms with van der Waals surface area (Å²) in [6.07, 6.45) is 5.02. The smallest absolute Gasteiger partial charge is 0.107 e. The molecule has 0 radical (unpaired) electrons. The molecule has 15 heavy (non-hydrogen) atoms. The lowest BCUT2D eigenvalue weighted by Gasteiger charge is -2.27. The Labute approximate surface area is 100 Å². The number of hydrogen-bond donors (Lipinski definition) is 1. The highest BCUT2D eigenvalue weighted by molar-refractivity contribution is 7.09. The SMILES string of the molecule is Cc1csc(CNC2(CCl)CCCC2)n1. The van der Waals surface area contributed by atoms with Crippen LogP contribution in [-0.4, -0.2) is 16.4 Å². The molecule has 2 rings (SSSR count). The van der Waals surface area contributed by atoms with E-state index in [-0.39, 0.29) is 5.54 Å². The van der Waals surface area contributed by atoms with E-state index in [1.807, 2.05) is 6.92 Å². The number of halogens is 1. The first-order valence-corrected chi connectivity index (χ1v) is 6.87. The molecule has 0 unspecified atom stereocenters. The molecule has 0 atom stereocenters. The molecule has 4 heteroatoms. The van der Waals surface area contributed by atoms with E-state index in [9.17, 15) is 0 Å². The molecular weight excluding hydrogens is 228 g/mol. The normalized spacial score (nSPS) is 19.6. The van der Waals surface area contributed by atoms with E-state index in [1.54, 1.807) is 11.3 Å². The summed E-state index contributed by atoms with van der Waals surface area (Å²) in [5, 5.41) is 6.86. The first-order valence-electron chi connectivity index (χ1n) is 5.46. The number of alkyl halides is 1. The second-order valence-electron chi connectivity index (χ2n) is 4.36. The third-order valence-electron chi connectivity index (χ3n) is 3.10. The minimum atomic E-state index is 0.182. The van der Waals surface area contributed by atoms with E-state index in [0.717, 1.165) is 18.1 Å². The third-order valence-corrected chi connectivity index (χ3v) is 4.58. The molecule has 0 saturated heterocycles. The van der Waals surface area contributed by atoms with Crippen molar-refractivity contribution in [2.75, 3.05) is 5.88 Å². The van der Waals surface area contributed by atoms with Gasteiger partial charge in [-0.1, -0.05) is 12.8 Å². The van der Waals surface area contributed by atoms with Crippen molar-refractivity contribution >= 4 is 22.9 Å². The maximum absolute atomic E-state index is 6.06. The van der Waals surface area contributed by atoms with E-state index in [4.69, 9.17) is 11.6 Å². The molecule has 0 bridgehead atoms. The molecule has 1 aliphatic rings. The number of rotatable bonds is 4. The van der Waals surface area contributed by atoms with Gasteiger partial charge in [-0.15, -0.1) is 22.9 Å². The number of nitrogens with one attached hydrogen (secondary N) is 1. The van der Waals surface area contributed by atoms with Crippen LogP contribution in [0.15, 0.2) is 5.38 Å². The molecule has 0 spiro atoms. The Bertz CT molecular complexity index is 318. The maximum Gasteiger partial charge on any atom is 0.107 e. The highest BCUT2D eigenvalue weighted by Gasteiger charge is 2.32. The molecule has 84 valence electrons. The molecule has 1 fully saturated rings. The van der Waals surface area contributed by atoms with Gasteiger partial charge in [-0.25, -0.2) is 4.98 Å². The summed E-state index contributed by atoms with van der Waals surface area (Å²) in [5.41, 5.74) is 1.30. The maximum atomic E-state index is 6.06. The minimum Gasteiger partial charge on any atom is -0.304 e. The van der Waals surface area contributed by atoms with Crippen LogP contribution in [0.5, 0.6) is 0 Å². The summed E-state index contributed by atoms with van der Waals surface area (Å²) in [6, 6.07) is 0. The van der Waals surface area contributed by atoms with Gasteiger partial charge >= 0.3 is 0 Å². The van der Waals surface area contributed by atoms with E-state index in [1.165, 1.54) is 30.7 Å². The lowest BCUT2D eigenvalue weighted by molar-refractivity contribution is 0.367. The predicted molar refractivity (Wildman–Crippen MR) is 65.6 cm³/mol. The zero-order valence-corrected chi connectivity index (χ0v) is 10.6. The second kappa shape index (κ2) is 4.81. The standard InChI is InChI=1S/C11H17ClN2S/c1-9-7-15-10(14-9)6-13-11(8-12)4-2-3-5-11/h7,13H,2-6,8H2,1H3. The van der Waals surface area contributed by atoms with Crippen LogP contribution in [0.25, 0.3) is 0 Å². The van der Waals surface area contributed by atoms with Crippen molar-refractivity contribution in [2.24, 2.45) is 0 Å². The predicted octanol–water partition coefficient (Wildman–Crippen LogP) is 3.09. The first-order chi connectivity index (χ1) is 7.24. The largest absolute Gasteiger partial charge is 0.304 e. The van der Waals surface area contributed by atoms with E-state index >= 15 is 0 Å². The lowest BCUT2D eigenvalue weighted by atomic mass is 10.0. The average molecular weight is 245 g/mol. The molecule has 0 aromatic carbocycles.